The van der Waals surface area contributed by atoms with E-state index in [0.717, 1.165) is 0 Å². The molecule has 0 aromatic heterocycles. The first-order chi connectivity index (χ1) is 7.52. The molecule has 0 heterocycles. The van der Waals surface area contributed by atoms with Crippen molar-refractivity contribution in [3.05, 3.63) is 30.3 Å². The third-order valence-corrected chi connectivity index (χ3v) is 2.20. The summed E-state index contributed by atoms with van der Waals surface area (Å²) in [6, 6.07) is 7.19. The van der Waals surface area contributed by atoms with Crippen molar-refractivity contribution in [1.29, 1.82) is 0 Å². The fourth-order valence-corrected chi connectivity index (χ4v) is 1.19. The zero-order chi connectivity index (χ0) is 12.4. The van der Waals surface area contributed by atoms with Gasteiger partial charge in [0, 0.05) is 6.42 Å². The SMILES string of the molecule is O=S(=O)([O-])c1ccccc1.OC#CCCO.[Na+]. The van der Waals surface area contributed by atoms with E-state index in [1.165, 1.54) is 24.3 Å². The zero-order valence-electron chi connectivity index (χ0n) is 9.33. The van der Waals surface area contributed by atoms with Gasteiger partial charge in [-0.1, -0.05) is 24.1 Å². The molecule has 0 unspecified atom stereocenters. The fraction of sp³-hybridized carbons (Fsp3) is 0.200. The molecular formula is C10H11NaO5S. The van der Waals surface area contributed by atoms with Crippen LogP contribution in [0, 0.1) is 12.0 Å². The van der Waals surface area contributed by atoms with E-state index < -0.39 is 10.1 Å². The summed E-state index contributed by atoms with van der Waals surface area (Å²) in [6.45, 7) is 0.0214. The Kier molecular flexibility index (Phi) is 11.7. The van der Waals surface area contributed by atoms with Crippen molar-refractivity contribution in [2.24, 2.45) is 0 Å². The minimum Gasteiger partial charge on any atom is -0.744 e. The van der Waals surface area contributed by atoms with Crippen molar-refractivity contribution < 1.29 is 52.7 Å². The topological polar surface area (TPSA) is 97.7 Å². The van der Waals surface area contributed by atoms with E-state index in [4.69, 9.17) is 10.2 Å². The molecule has 1 rings (SSSR count). The van der Waals surface area contributed by atoms with Crippen molar-refractivity contribution in [3.63, 3.8) is 0 Å². The standard InChI is InChI=1S/C6H6O3S.C4H6O2.Na/c7-10(8,9)6-4-2-1-3-5-6;5-3-1-2-4-6;/h1-5H,(H,7,8,9);5-6H,1,3H2;/q;;+1/p-1. The van der Waals surface area contributed by atoms with Crippen LogP contribution >= 0.6 is 0 Å². The van der Waals surface area contributed by atoms with Crippen LogP contribution in [-0.2, 0) is 10.1 Å². The average molecular weight is 266 g/mol. The Morgan fingerprint density at radius 3 is 2.00 bits per heavy atom. The first kappa shape index (κ1) is 18.8. The molecule has 5 nitrogen and oxygen atoms in total. The Morgan fingerprint density at radius 1 is 1.24 bits per heavy atom. The normalized spacial score (nSPS) is 8.82. The fourth-order valence-electron chi connectivity index (χ4n) is 0.699. The molecule has 1 aromatic carbocycles. The average Bonchev–Trinajstić information content (AvgIpc) is 2.27. The molecular weight excluding hydrogens is 255 g/mol. The van der Waals surface area contributed by atoms with Gasteiger partial charge in [-0.3, -0.25) is 0 Å². The Bertz CT molecular complexity index is 447. The Labute approximate surface area is 123 Å². The van der Waals surface area contributed by atoms with Crippen LogP contribution in [0.4, 0.5) is 0 Å². The molecule has 0 bridgehead atoms. The zero-order valence-corrected chi connectivity index (χ0v) is 12.1. The molecule has 0 radical (unpaired) electrons. The van der Waals surface area contributed by atoms with Gasteiger partial charge in [-0.15, -0.1) is 0 Å². The number of hydrogen-bond acceptors (Lipinski definition) is 5. The second-order valence-electron chi connectivity index (χ2n) is 2.53. The van der Waals surface area contributed by atoms with Crippen LogP contribution < -0.4 is 29.6 Å². The maximum absolute atomic E-state index is 10.3. The predicted octanol–water partition coefficient (Wildman–Crippen LogP) is -2.70. The van der Waals surface area contributed by atoms with Crippen molar-refractivity contribution in [2.45, 2.75) is 11.3 Å². The van der Waals surface area contributed by atoms with Gasteiger partial charge in [-0.25, -0.2) is 8.42 Å². The largest absolute Gasteiger partial charge is 1.00 e. The quantitative estimate of drug-likeness (QED) is 0.345. The van der Waals surface area contributed by atoms with Crippen LogP contribution in [0.1, 0.15) is 6.42 Å². The second-order valence-corrected chi connectivity index (χ2v) is 3.91. The molecule has 0 fully saturated rings. The summed E-state index contributed by atoms with van der Waals surface area (Å²) in [5.41, 5.74) is 0. The summed E-state index contributed by atoms with van der Waals surface area (Å²) in [6.07, 6.45) is 2.02. The van der Waals surface area contributed by atoms with Gasteiger partial charge in [-0.05, 0) is 12.1 Å². The smallest absolute Gasteiger partial charge is 0.744 e. The summed E-state index contributed by atoms with van der Waals surface area (Å²) in [5.74, 6) is 2.25. The molecule has 2 N–H and O–H groups in total. The maximum atomic E-state index is 10.3. The monoisotopic (exact) mass is 266 g/mol. The third kappa shape index (κ3) is 10.3. The van der Waals surface area contributed by atoms with Gasteiger partial charge < -0.3 is 14.8 Å². The molecule has 0 saturated carbocycles. The summed E-state index contributed by atoms with van der Waals surface area (Å²) < 4.78 is 30.8. The van der Waals surface area contributed by atoms with Crippen LogP contribution in [0.15, 0.2) is 35.2 Å². The Morgan fingerprint density at radius 2 is 1.76 bits per heavy atom. The van der Waals surface area contributed by atoms with E-state index in [0.29, 0.717) is 6.42 Å². The van der Waals surface area contributed by atoms with Crippen molar-refractivity contribution in [2.75, 3.05) is 6.61 Å². The first-order valence-electron chi connectivity index (χ1n) is 4.26. The molecule has 0 amide bonds. The predicted molar refractivity (Wildman–Crippen MR) is 55.8 cm³/mol. The van der Waals surface area contributed by atoms with Gasteiger partial charge in [-0.2, -0.15) is 0 Å². The molecule has 0 aliphatic rings. The van der Waals surface area contributed by atoms with E-state index in [1.54, 1.807) is 12.2 Å². The van der Waals surface area contributed by atoms with Gasteiger partial charge in [0.15, 0.2) is 0 Å². The summed E-state index contributed by atoms with van der Waals surface area (Å²) in [5, 5.41) is 15.7. The van der Waals surface area contributed by atoms with E-state index >= 15 is 0 Å². The van der Waals surface area contributed by atoms with E-state index in [1.807, 2.05) is 0 Å². The number of hydrogen-bond donors (Lipinski definition) is 2. The summed E-state index contributed by atoms with van der Waals surface area (Å²) in [4.78, 5) is -0.185. The summed E-state index contributed by atoms with van der Waals surface area (Å²) >= 11 is 0. The van der Waals surface area contributed by atoms with Gasteiger partial charge in [0.25, 0.3) is 0 Å². The van der Waals surface area contributed by atoms with Gasteiger partial charge in [0.05, 0.1) is 11.5 Å². The maximum Gasteiger partial charge on any atom is 1.00 e. The molecule has 0 spiro atoms. The molecule has 1 aromatic rings. The number of aliphatic hydroxyl groups is 2. The molecule has 0 saturated heterocycles. The first-order valence-corrected chi connectivity index (χ1v) is 5.67. The van der Waals surface area contributed by atoms with Crippen LogP contribution in [0.5, 0.6) is 0 Å². The minimum atomic E-state index is -4.25. The number of rotatable bonds is 2. The van der Waals surface area contributed by atoms with Gasteiger partial charge >= 0.3 is 29.6 Å². The van der Waals surface area contributed by atoms with Crippen LogP contribution in [0.2, 0.25) is 0 Å². The summed E-state index contributed by atoms with van der Waals surface area (Å²) in [7, 11) is -4.25. The van der Waals surface area contributed by atoms with E-state index in [9.17, 15) is 13.0 Å². The molecule has 88 valence electrons. The molecule has 0 aliphatic heterocycles. The minimum absolute atomic E-state index is 0. The van der Waals surface area contributed by atoms with Gasteiger partial charge in [0.2, 0.25) is 0 Å². The van der Waals surface area contributed by atoms with E-state index in [-0.39, 0.29) is 41.1 Å². The molecule has 17 heavy (non-hydrogen) atoms. The number of aliphatic hydroxyl groups excluding tert-OH is 2. The molecule has 0 aliphatic carbocycles. The second kappa shape index (κ2) is 10.6. The Hall–Kier alpha value is -0.550. The van der Waals surface area contributed by atoms with Crippen molar-refractivity contribution in [3.8, 4) is 12.0 Å². The molecule has 7 heteroatoms. The van der Waals surface area contributed by atoms with E-state index in [2.05, 4.69) is 5.92 Å². The van der Waals surface area contributed by atoms with Crippen LogP contribution in [0.25, 0.3) is 0 Å². The molecule has 0 atom stereocenters. The van der Waals surface area contributed by atoms with Gasteiger partial charge in [0.1, 0.15) is 16.2 Å². The third-order valence-electron chi connectivity index (χ3n) is 1.35. The number of benzene rings is 1. The van der Waals surface area contributed by atoms with Crippen LogP contribution in [-0.4, -0.2) is 29.8 Å². The Balaban J connectivity index is 0. The van der Waals surface area contributed by atoms with Crippen LogP contribution in [0.3, 0.4) is 0 Å². The van der Waals surface area contributed by atoms with Crippen molar-refractivity contribution in [1.82, 2.24) is 0 Å². The van der Waals surface area contributed by atoms with Crippen molar-refractivity contribution >= 4 is 10.1 Å².